The molecule has 0 aromatic carbocycles. The van der Waals surface area contributed by atoms with Gasteiger partial charge >= 0.3 is 0 Å². The quantitative estimate of drug-likeness (QED) is 0.714. The minimum absolute atomic E-state index is 0.372. The van der Waals surface area contributed by atoms with E-state index in [0.717, 1.165) is 11.4 Å². The molecule has 0 N–H and O–H groups in total. The van der Waals surface area contributed by atoms with E-state index in [-0.39, 0.29) is 0 Å². The van der Waals surface area contributed by atoms with Crippen molar-refractivity contribution in [2.24, 2.45) is 0 Å². The highest BCUT2D eigenvalue weighted by molar-refractivity contribution is 6.31. The standard InChI is InChI=1S/C8H9Cl2N3/c1-5-8(10)6(2)13(12-5)4-7(9)3-11/h7H,4H2,1-2H3. The van der Waals surface area contributed by atoms with Crippen LogP contribution in [0.15, 0.2) is 0 Å². The normalized spacial score (nSPS) is 12.5. The molecule has 5 heteroatoms. The molecule has 1 atom stereocenters. The summed E-state index contributed by atoms with van der Waals surface area (Å²) in [5.41, 5.74) is 1.61. The van der Waals surface area contributed by atoms with E-state index in [9.17, 15) is 0 Å². The number of hydrogen-bond donors (Lipinski definition) is 0. The Hall–Kier alpha value is -0.720. The predicted octanol–water partition coefficient (Wildman–Crippen LogP) is 2.28. The second kappa shape index (κ2) is 3.99. The Balaban J connectivity index is 2.91. The lowest BCUT2D eigenvalue weighted by Crippen LogP contribution is -2.11. The Morgan fingerprint density at radius 3 is 2.62 bits per heavy atom. The van der Waals surface area contributed by atoms with Crippen molar-refractivity contribution >= 4 is 23.2 Å². The van der Waals surface area contributed by atoms with Crippen molar-refractivity contribution < 1.29 is 0 Å². The average molecular weight is 218 g/mol. The number of alkyl halides is 1. The molecule has 0 radical (unpaired) electrons. The molecular formula is C8H9Cl2N3. The van der Waals surface area contributed by atoms with Crippen LogP contribution in [-0.2, 0) is 6.54 Å². The largest absolute Gasteiger partial charge is 0.265 e. The molecule has 0 saturated carbocycles. The predicted molar refractivity (Wildman–Crippen MR) is 52.0 cm³/mol. The second-order valence-electron chi connectivity index (χ2n) is 2.76. The first-order chi connectivity index (χ1) is 6.06. The van der Waals surface area contributed by atoms with Crippen molar-refractivity contribution in [2.75, 3.05) is 0 Å². The highest BCUT2D eigenvalue weighted by Crippen LogP contribution is 2.19. The molecule has 0 bridgehead atoms. The number of aromatic nitrogens is 2. The van der Waals surface area contributed by atoms with Gasteiger partial charge in [-0.05, 0) is 13.8 Å². The Morgan fingerprint density at radius 2 is 2.23 bits per heavy atom. The van der Waals surface area contributed by atoms with Crippen molar-refractivity contribution in [3.63, 3.8) is 0 Å². The third-order valence-corrected chi connectivity index (χ3v) is 2.55. The van der Waals surface area contributed by atoms with E-state index in [1.807, 2.05) is 19.9 Å². The van der Waals surface area contributed by atoms with Crippen LogP contribution in [0.1, 0.15) is 11.4 Å². The van der Waals surface area contributed by atoms with Crippen LogP contribution in [0.5, 0.6) is 0 Å². The minimum Gasteiger partial charge on any atom is -0.265 e. The van der Waals surface area contributed by atoms with Gasteiger partial charge in [-0.2, -0.15) is 10.4 Å². The molecule has 1 aromatic heterocycles. The molecule has 70 valence electrons. The molecule has 0 aliphatic heterocycles. The van der Waals surface area contributed by atoms with Crippen molar-refractivity contribution in [2.45, 2.75) is 25.8 Å². The van der Waals surface area contributed by atoms with E-state index in [0.29, 0.717) is 11.6 Å². The fourth-order valence-corrected chi connectivity index (χ4v) is 1.31. The van der Waals surface area contributed by atoms with Gasteiger partial charge in [0.25, 0.3) is 0 Å². The topological polar surface area (TPSA) is 41.6 Å². The van der Waals surface area contributed by atoms with Gasteiger partial charge in [0.2, 0.25) is 0 Å². The fraction of sp³-hybridized carbons (Fsp3) is 0.500. The van der Waals surface area contributed by atoms with Gasteiger partial charge in [0.1, 0.15) is 5.38 Å². The highest BCUT2D eigenvalue weighted by Gasteiger charge is 2.11. The summed E-state index contributed by atoms with van der Waals surface area (Å²) >= 11 is 11.6. The molecule has 1 unspecified atom stereocenters. The smallest absolute Gasteiger partial charge is 0.140 e. The van der Waals surface area contributed by atoms with Gasteiger partial charge < -0.3 is 0 Å². The zero-order valence-electron chi connectivity index (χ0n) is 7.38. The lowest BCUT2D eigenvalue weighted by atomic mass is 10.4. The zero-order chi connectivity index (χ0) is 10.0. The fourth-order valence-electron chi connectivity index (χ4n) is 1.05. The van der Waals surface area contributed by atoms with E-state index in [4.69, 9.17) is 28.5 Å². The molecule has 0 aliphatic rings. The van der Waals surface area contributed by atoms with Gasteiger partial charge in [0.05, 0.1) is 29.0 Å². The zero-order valence-corrected chi connectivity index (χ0v) is 8.89. The van der Waals surface area contributed by atoms with Gasteiger partial charge in [0.15, 0.2) is 0 Å². The van der Waals surface area contributed by atoms with Gasteiger partial charge in [-0.25, -0.2) is 0 Å². The van der Waals surface area contributed by atoms with Crippen LogP contribution >= 0.6 is 23.2 Å². The first kappa shape index (κ1) is 10.4. The number of rotatable bonds is 2. The van der Waals surface area contributed by atoms with E-state index < -0.39 is 5.38 Å². The molecule has 3 nitrogen and oxygen atoms in total. The van der Waals surface area contributed by atoms with Crippen molar-refractivity contribution in [3.05, 3.63) is 16.4 Å². The van der Waals surface area contributed by atoms with Crippen molar-refractivity contribution in [1.29, 1.82) is 5.26 Å². The minimum atomic E-state index is -0.561. The van der Waals surface area contributed by atoms with E-state index in [1.54, 1.807) is 4.68 Å². The first-order valence-corrected chi connectivity index (χ1v) is 4.61. The van der Waals surface area contributed by atoms with Crippen molar-refractivity contribution in [1.82, 2.24) is 9.78 Å². The number of hydrogen-bond acceptors (Lipinski definition) is 2. The molecule has 0 amide bonds. The SMILES string of the molecule is Cc1nn(CC(Cl)C#N)c(C)c1Cl. The Morgan fingerprint density at radius 1 is 1.62 bits per heavy atom. The van der Waals surface area contributed by atoms with Crippen LogP contribution in [0.2, 0.25) is 5.02 Å². The average Bonchev–Trinajstić information content (AvgIpc) is 2.34. The molecule has 0 saturated heterocycles. The van der Waals surface area contributed by atoms with Crippen LogP contribution in [0.3, 0.4) is 0 Å². The van der Waals surface area contributed by atoms with E-state index >= 15 is 0 Å². The molecule has 0 aliphatic carbocycles. The summed E-state index contributed by atoms with van der Waals surface area (Å²) in [4.78, 5) is 0. The lowest BCUT2D eigenvalue weighted by molar-refractivity contribution is 0.609. The number of halogens is 2. The number of nitrogens with zero attached hydrogens (tertiary/aromatic N) is 3. The van der Waals surface area contributed by atoms with Gasteiger partial charge in [-0.3, -0.25) is 4.68 Å². The van der Waals surface area contributed by atoms with Crippen LogP contribution in [0, 0.1) is 25.2 Å². The number of aryl methyl sites for hydroxylation is 1. The molecule has 13 heavy (non-hydrogen) atoms. The summed E-state index contributed by atoms with van der Waals surface area (Å²) in [5.74, 6) is 0. The van der Waals surface area contributed by atoms with Crippen LogP contribution in [-0.4, -0.2) is 15.2 Å². The van der Waals surface area contributed by atoms with Crippen molar-refractivity contribution in [3.8, 4) is 6.07 Å². The van der Waals surface area contributed by atoms with E-state index in [2.05, 4.69) is 5.10 Å². The molecule has 0 fully saturated rings. The maximum absolute atomic E-state index is 8.51. The molecule has 1 rings (SSSR count). The summed E-state index contributed by atoms with van der Waals surface area (Å²) in [5, 5.41) is 12.7. The summed E-state index contributed by atoms with van der Waals surface area (Å²) in [6.45, 7) is 4.04. The monoisotopic (exact) mass is 217 g/mol. The molecule has 0 spiro atoms. The van der Waals surface area contributed by atoms with Gasteiger partial charge in [-0.15, -0.1) is 11.6 Å². The summed E-state index contributed by atoms with van der Waals surface area (Å²) in [6, 6.07) is 1.93. The van der Waals surface area contributed by atoms with Crippen LogP contribution in [0.4, 0.5) is 0 Å². The third kappa shape index (κ3) is 2.15. The van der Waals surface area contributed by atoms with Gasteiger partial charge in [-0.1, -0.05) is 11.6 Å². The Kier molecular flexibility index (Phi) is 3.18. The molecule has 1 heterocycles. The van der Waals surface area contributed by atoms with E-state index in [1.165, 1.54) is 0 Å². The lowest BCUT2D eigenvalue weighted by Gasteiger charge is -2.03. The molecule has 1 aromatic rings. The highest BCUT2D eigenvalue weighted by atomic mass is 35.5. The maximum atomic E-state index is 8.51. The molecular weight excluding hydrogens is 209 g/mol. The Bertz CT molecular complexity index is 351. The summed E-state index contributed by atoms with van der Waals surface area (Å²) in [7, 11) is 0. The first-order valence-electron chi connectivity index (χ1n) is 3.79. The van der Waals surface area contributed by atoms with Gasteiger partial charge in [0, 0.05) is 0 Å². The number of nitriles is 1. The summed E-state index contributed by atoms with van der Waals surface area (Å²) < 4.78 is 1.65. The van der Waals surface area contributed by atoms with Crippen LogP contribution < -0.4 is 0 Å². The third-order valence-electron chi connectivity index (χ3n) is 1.77. The maximum Gasteiger partial charge on any atom is 0.140 e. The Labute approximate surface area is 86.9 Å². The summed E-state index contributed by atoms with van der Waals surface area (Å²) in [6.07, 6.45) is 0. The van der Waals surface area contributed by atoms with Crippen LogP contribution in [0.25, 0.3) is 0 Å². The second-order valence-corrected chi connectivity index (χ2v) is 3.67.